The van der Waals surface area contributed by atoms with Crippen LogP contribution in [-0.4, -0.2) is 50.1 Å². The van der Waals surface area contributed by atoms with E-state index in [4.69, 9.17) is 14.0 Å². The zero-order chi connectivity index (χ0) is 24.4. The third-order valence-electron chi connectivity index (χ3n) is 6.01. The second-order valence-electron chi connectivity index (χ2n) is 8.34. The van der Waals surface area contributed by atoms with Crippen LogP contribution < -0.4 is 14.8 Å². The number of sulfonamides is 1. The molecule has 0 spiro atoms. The van der Waals surface area contributed by atoms with Crippen molar-refractivity contribution in [3.8, 4) is 11.5 Å². The van der Waals surface area contributed by atoms with Crippen molar-refractivity contribution >= 4 is 45.1 Å². The molecule has 4 heterocycles. The van der Waals surface area contributed by atoms with Gasteiger partial charge in [0, 0.05) is 35.6 Å². The number of carbonyl (C=O) groups excluding carboxylic acids is 1. The number of amides is 1. The first-order valence-electron chi connectivity index (χ1n) is 11.3. The molecule has 1 amide bonds. The van der Waals surface area contributed by atoms with Crippen molar-refractivity contribution in [3.05, 3.63) is 52.0 Å². The Balaban J connectivity index is 1.24. The van der Waals surface area contributed by atoms with E-state index >= 15 is 0 Å². The van der Waals surface area contributed by atoms with Crippen LogP contribution in [0, 0.1) is 12.8 Å². The Hall–Kier alpha value is -3.15. The molecule has 0 radical (unpaired) electrons. The molecule has 1 fully saturated rings. The minimum absolute atomic E-state index is 0.0736. The molecule has 0 unspecified atom stereocenters. The zero-order valence-corrected chi connectivity index (χ0v) is 20.7. The molecular weight excluding hydrogens is 490 g/mol. The summed E-state index contributed by atoms with van der Waals surface area (Å²) in [6, 6.07) is 9.13. The van der Waals surface area contributed by atoms with Gasteiger partial charge in [0.15, 0.2) is 22.2 Å². The van der Waals surface area contributed by atoms with Gasteiger partial charge in [-0.1, -0.05) is 11.2 Å². The third kappa shape index (κ3) is 4.97. The first kappa shape index (κ1) is 23.6. The van der Waals surface area contributed by atoms with Crippen molar-refractivity contribution in [2.75, 3.05) is 31.6 Å². The lowest BCUT2D eigenvalue weighted by Crippen LogP contribution is -2.41. The Bertz CT molecular complexity index is 1340. The summed E-state index contributed by atoms with van der Waals surface area (Å²) in [5.74, 6) is 1.02. The van der Waals surface area contributed by atoms with Gasteiger partial charge in [0.25, 0.3) is 0 Å². The summed E-state index contributed by atoms with van der Waals surface area (Å²) in [6.45, 7) is 3.06. The molecule has 11 heteroatoms. The maximum atomic E-state index is 13.4. The van der Waals surface area contributed by atoms with Gasteiger partial charge in [-0.15, -0.1) is 11.3 Å². The number of hydrogen-bond acceptors (Lipinski definition) is 8. The molecule has 3 aromatic rings. The van der Waals surface area contributed by atoms with Crippen molar-refractivity contribution in [1.82, 2.24) is 9.46 Å². The fourth-order valence-corrected chi connectivity index (χ4v) is 6.53. The number of carbonyl (C=O) groups is 1. The minimum Gasteiger partial charge on any atom is -0.486 e. The normalized spacial score (nSPS) is 17.1. The van der Waals surface area contributed by atoms with Gasteiger partial charge in [0.05, 0.1) is 0 Å². The summed E-state index contributed by atoms with van der Waals surface area (Å²) < 4.78 is 44.6. The minimum atomic E-state index is -3.82. The number of rotatable bonds is 6. The molecule has 0 saturated carbocycles. The molecule has 0 aliphatic carbocycles. The van der Waals surface area contributed by atoms with E-state index in [1.807, 2.05) is 17.5 Å². The van der Waals surface area contributed by atoms with Crippen molar-refractivity contribution in [1.29, 1.82) is 0 Å². The molecule has 184 valence electrons. The Morgan fingerprint density at radius 1 is 1.14 bits per heavy atom. The van der Waals surface area contributed by atoms with E-state index in [-0.39, 0.29) is 35.6 Å². The number of aryl methyl sites for hydroxylation is 1. The predicted molar refractivity (Wildman–Crippen MR) is 132 cm³/mol. The summed E-state index contributed by atoms with van der Waals surface area (Å²) in [5, 5.41) is 8.74. The average Bonchev–Trinajstić information content (AvgIpc) is 3.52. The Labute approximate surface area is 207 Å². The maximum absolute atomic E-state index is 13.4. The molecule has 5 rings (SSSR count). The van der Waals surface area contributed by atoms with Gasteiger partial charge < -0.3 is 19.3 Å². The van der Waals surface area contributed by atoms with Crippen LogP contribution in [0.4, 0.5) is 5.69 Å². The predicted octanol–water partition coefficient (Wildman–Crippen LogP) is 4.03. The van der Waals surface area contributed by atoms with Crippen LogP contribution in [0.25, 0.3) is 12.2 Å². The van der Waals surface area contributed by atoms with E-state index in [1.54, 1.807) is 48.6 Å². The van der Waals surface area contributed by atoms with Crippen LogP contribution in [0.5, 0.6) is 11.5 Å². The number of benzene rings is 1. The molecular formula is C24H25N3O6S2. The van der Waals surface area contributed by atoms with Crippen LogP contribution in [-0.2, 0) is 14.8 Å². The largest absolute Gasteiger partial charge is 0.486 e. The second kappa shape index (κ2) is 9.84. The number of anilines is 1. The molecule has 0 bridgehead atoms. The van der Waals surface area contributed by atoms with Crippen molar-refractivity contribution in [2.45, 2.75) is 24.7 Å². The lowest BCUT2D eigenvalue weighted by atomic mass is 9.97. The SMILES string of the molecule is Cc1noc(C=Cc2cccs2)c1S(=O)(=O)N1CCC(C(=O)Nc2ccc3c(c2)OCCO3)CC1. The molecule has 2 aromatic heterocycles. The maximum Gasteiger partial charge on any atom is 0.248 e. The standard InChI is InChI=1S/C24H25N3O6S2/c1-16-23(21(33-26-16)7-5-19-3-2-14-34-19)35(29,30)27-10-8-17(9-11-27)24(28)25-18-4-6-20-22(15-18)32-13-12-31-20/h2-7,14-15,17H,8-13H2,1H3,(H,25,28). The average molecular weight is 516 g/mol. The fraction of sp³-hybridized carbons (Fsp3) is 0.333. The number of fused-ring (bicyclic) bond motifs is 1. The van der Waals surface area contributed by atoms with Crippen LogP contribution in [0.1, 0.15) is 29.2 Å². The Kier molecular flexibility index (Phi) is 6.63. The van der Waals surface area contributed by atoms with Gasteiger partial charge in [-0.2, -0.15) is 4.31 Å². The lowest BCUT2D eigenvalue weighted by molar-refractivity contribution is -0.120. The monoisotopic (exact) mass is 515 g/mol. The van der Waals surface area contributed by atoms with Gasteiger partial charge in [0.2, 0.25) is 15.9 Å². The number of aromatic nitrogens is 1. The summed E-state index contributed by atoms with van der Waals surface area (Å²) in [5.41, 5.74) is 0.936. The molecule has 9 nitrogen and oxygen atoms in total. The first-order valence-corrected chi connectivity index (χ1v) is 13.6. The smallest absolute Gasteiger partial charge is 0.248 e. The van der Waals surface area contributed by atoms with Crippen molar-refractivity contribution in [2.24, 2.45) is 5.92 Å². The van der Waals surface area contributed by atoms with E-state index in [1.165, 1.54) is 4.31 Å². The summed E-state index contributed by atoms with van der Waals surface area (Å²) in [6.07, 6.45) is 4.27. The van der Waals surface area contributed by atoms with E-state index in [9.17, 15) is 13.2 Å². The molecule has 0 atom stereocenters. The molecule has 1 N–H and O–H groups in total. The molecule has 2 aliphatic rings. The quantitative estimate of drug-likeness (QED) is 0.528. The summed E-state index contributed by atoms with van der Waals surface area (Å²) in [4.78, 5) is 13.9. The van der Waals surface area contributed by atoms with Crippen molar-refractivity contribution < 1.29 is 27.2 Å². The molecule has 2 aliphatic heterocycles. The highest BCUT2D eigenvalue weighted by Gasteiger charge is 2.36. The lowest BCUT2D eigenvalue weighted by Gasteiger charge is -2.30. The fourth-order valence-electron chi connectivity index (χ4n) is 4.20. The van der Waals surface area contributed by atoms with E-state index < -0.39 is 10.0 Å². The summed E-state index contributed by atoms with van der Waals surface area (Å²) >= 11 is 1.54. The van der Waals surface area contributed by atoms with Gasteiger partial charge in [-0.05, 0) is 55.5 Å². The first-order chi connectivity index (χ1) is 16.9. The number of nitrogens with zero attached hydrogens (tertiary/aromatic N) is 2. The Morgan fingerprint density at radius 3 is 2.66 bits per heavy atom. The number of thiophene rings is 1. The van der Waals surface area contributed by atoms with Gasteiger partial charge >= 0.3 is 0 Å². The van der Waals surface area contributed by atoms with E-state index in [0.29, 0.717) is 48.9 Å². The van der Waals surface area contributed by atoms with Crippen LogP contribution >= 0.6 is 11.3 Å². The zero-order valence-electron chi connectivity index (χ0n) is 19.1. The second-order valence-corrected chi connectivity index (χ2v) is 11.2. The van der Waals surface area contributed by atoms with Crippen LogP contribution in [0.2, 0.25) is 0 Å². The number of hydrogen-bond donors (Lipinski definition) is 1. The topological polar surface area (TPSA) is 111 Å². The van der Waals surface area contributed by atoms with Crippen molar-refractivity contribution in [3.63, 3.8) is 0 Å². The van der Waals surface area contributed by atoms with Gasteiger partial charge in [-0.3, -0.25) is 4.79 Å². The van der Waals surface area contributed by atoms with Crippen LogP contribution in [0.3, 0.4) is 0 Å². The number of piperidine rings is 1. The Morgan fingerprint density at radius 2 is 1.91 bits per heavy atom. The number of nitrogens with one attached hydrogen (secondary N) is 1. The third-order valence-corrected chi connectivity index (χ3v) is 8.90. The highest BCUT2D eigenvalue weighted by molar-refractivity contribution is 7.89. The van der Waals surface area contributed by atoms with Gasteiger partial charge in [0.1, 0.15) is 18.9 Å². The van der Waals surface area contributed by atoms with Gasteiger partial charge in [-0.25, -0.2) is 8.42 Å². The van der Waals surface area contributed by atoms with Crippen LogP contribution in [0.15, 0.2) is 45.1 Å². The highest BCUT2D eigenvalue weighted by atomic mass is 32.2. The van der Waals surface area contributed by atoms with E-state index in [2.05, 4.69) is 10.5 Å². The van der Waals surface area contributed by atoms with E-state index in [0.717, 1.165) is 4.88 Å². The molecule has 1 aromatic carbocycles. The molecule has 35 heavy (non-hydrogen) atoms. The highest BCUT2D eigenvalue weighted by Crippen LogP contribution is 2.34. The molecule has 1 saturated heterocycles. The number of ether oxygens (including phenoxy) is 2. The summed E-state index contributed by atoms with van der Waals surface area (Å²) in [7, 11) is -3.82.